The van der Waals surface area contributed by atoms with E-state index in [-0.39, 0.29) is 26.4 Å². The molecule has 4 rings (SSSR count). The Balaban J connectivity index is 1.63. The number of ether oxygens (including phenoxy) is 4. The van der Waals surface area contributed by atoms with Gasteiger partial charge in [-0.3, -0.25) is 9.59 Å². The van der Waals surface area contributed by atoms with Crippen LogP contribution in [0.3, 0.4) is 0 Å². The maximum atomic E-state index is 12.2. The molecule has 0 aromatic heterocycles. The molecule has 0 aliphatic carbocycles. The highest BCUT2D eigenvalue weighted by molar-refractivity contribution is 14.1. The maximum Gasteiger partial charge on any atom is 0.320 e. The van der Waals surface area contributed by atoms with Gasteiger partial charge in [0.25, 0.3) is 0 Å². The van der Waals surface area contributed by atoms with Gasteiger partial charge in [-0.15, -0.1) is 0 Å². The Labute approximate surface area is 179 Å². The molecule has 29 heavy (non-hydrogen) atoms. The summed E-state index contributed by atoms with van der Waals surface area (Å²) in [6.45, 7) is 0.214. The zero-order valence-electron chi connectivity index (χ0n) is 15.1. The van der Waals surface area contributed by atoms with E-state index in [1.807, 2.05) is 0 Å². The van der Waals surface area contributed by atoms with Crippen LogP contribution in [0.25, 0.3) is 0 Å². The third kappa shape index (κ3) is 3.78. The number of benzene rings is 2. The second-order valence-electron chi connectivity index (χ2n) is 6.81. The average molecular weight is 512 g/mol. The number of halogens is 1. The predicted octanol–water partition coefficient (Wildman–Crippen LogP) is 2.89. The Morgan fingerprint density at radius 2 is 1.41 bits per heavy atom. The molecule has 152 valence electrons. The molecule has 0 saturated heterocycles. The monoisotopic (exact) mass is 512 g/mol. The summed E-state index contributed by atoms with van der Waals surface area (Å²) in [5.74, 6) is -1.33. The van der Waals surface area contributed by atoms with Crippen LogP contribution in [0, 0.1) is 5.92 Å². The minimum Gasteiger partial charge on any atom is -0.481 e. The number of alkyl halides is 1. The van der Waals surface area contributed by atoms with Gasteiger partial charge >= 0.3 is 11.9 Å². The number of carboxylic acids is 2. The average Bonchev–Trinajstić information content (AvgIpc) is 3.33. The van der Waals surface area contributed by atoms with Crippen LogP contribution in [-0.2, 0) is 22.4 Å². The molecule has 0 fully saturated rings. The second-order valence-corrected chi connectivity index (χ2v) is 8.74. The Bertz CT molecular complexity index is 975. The third-order valence-corrected chi connectivity index (χ3v) is 6.58. The number of aliphatic carboxylic acids is 2. The molecule has 9 heteroatoms. The molecule has 2 aromatic rings. The van der Waals surface area contributed by atoms with E-state index in [0.717, 1.165) is 0 Å². The number of carbonyl (C=O) groups is 2. The van der Waals surface area contributed by atoms with E-state index in [0.29, 0.717) is 34.1 Å². The van der Waals surface area contributed by atoms with E-state index < -0.39 is 21.3 Å². The van der Waals surface area contributed by atoms with Crippen molar-refractivity contribution >= 4 is 34.5 Å². The van der Waals surface area contributed by atoms with Gasteiger partial charge in [0, 0.05) is 0 Å². The van der Waals surface area contributed by atoms with Crippen molar-refractivity contribution in [2.24, 2.45) is 5.92 Å². The third-order valence-electron chi connectivity index (χ3n) is 4.98. The van der Waals surface area contributed by atoms with Crippen molar-refractivity contribution in [1.29, 1.82) is 0 Å². The van der Waals surface area contributed by atoms with Crippen molar-refractivity contribution in [3.63, 3.8) is 0 Å². The Morgan fingerprint density at radius 3 is 1.97 bits per heavy atom. The quantitative estimate of drug-likeness (QED) is 0.431. The minimum absolute atomic E-state index is 0.0149. The van der Waals surface area contributed by atoms with Crippen molar-refractivity contribution < 1.29 is 38.7 Å². The lowest BCUT2D eigenvalue weighted by Crippen LogP contribution is -2.46. The molecule has 2 heterocycles. The largest absolute Gasteiger partial charge is 0.481 e. The Kier molecular flexibility index (Phi) is 5.15. The molecule has 0 saturated carbocycles. The molecular weight excluding hydrogens is 495 g/mol. The second kappa shape index (κ2) is 7.62. The first-order valence-corrected chi connectivity index (χ1v) is 9.87. The molecule has 0 spiro atoms. The van der Waals surface area contributed by atoms with Crippen molar-refractivity contribution in [2.75, 3.05) is 13.6 Å². The fourth-order valence-electron chi connectivity index (χ4n) is 3.44. The van der Waals surface area contributed by atoms with Crippen LogP contribution in [-0.4, -0.2) is 39.2 Å². The summed E-state index contributed by atoms with van der Waals surface area (Å²) in [5.41, 5.74) is 1.32. The van der Waals surface area contributed by atoms with Crippen molar-refractivity contribution in [2.45, 2.75) is 16.3 Å². The molecule has 2 aliphatic heterocycles. The topological polar surface area (TPSA) is 112 Å². The summed E-state index contributed by atoms with van der Waals surface area (Å²) in [6.07, 6.45) is 0.0484. The first-order valence-electron chi connectivity index (χ1n) is 8.79. The number of fused-ring (bicyclic) bond motifs is 2. The number of rotatable bonds is 7. The van der Waals surface area contributed by atoms with Crippen LogP contribution < -0.4 is 18.9 Å². The van der Waals surface area contributed by atoms with E-state index in [4.69, 9.17) is 18.9 Å². The van der Waals surface area contributed by atoms with E-state index in [1.54, 1.807) is 59.0 Å². The summed E-state index contributed by atoms with van der Waals surface area (Å²) in [4.78, 5) is 24.3. The number of hydrogen-bond donors (Lipinski definition) is 2. The molecule has 2 aliphatic rings. The molecule has 2 N–H and O–H groups in total. The van der Waals surface area contributed by atoms with Gasteiger partial charge in [0.05, 0.1) is 5.92 Å². The molecule has 2 unspecified atom stereocenters. The van der Waals surface area contributed by atoms with Crippen LogP contribution in [0.4, 0.5) is 0 Å². The van der Waals surface area contributed by atoms with Gasteiger partial charge in [0.1, 0.15) is 3.42 Å². The highest BCUT2D eigenvalue weighted by Gasteiger charge is 2.48. The normalized spacial score (nSPS) is 16.9. The molecule has 2 atom stereocenters. The van der Waals surface area contributed by atoms with Crippen LogP contribution in [0.2, 0.25) is 0 Å². The molecule has 0 bridgehead atoms. The highest BCUT2D eigenvalue weighted by Crippen LogP contribution is 2.40. The van der Waals surface area contributed by atoms with Gasteiger partial charge in [0.2, 0.25) is 13.6 Å². The smallest absolute Gasteiger partial charge is 0.320 e. The van der Waals surface area contributed by atoms with Crippen molar-refractivity contribution in [3.8, 4) is 23.0 Å². The maximum absolute atomic E-state index is 12.2. The van der Waals surface area contributed by atoms with Gasteiger partial charge in [-0.25, -0.2) is 0 Å². The minimum atomic E-state index is -1.58. The van der Waals surface area contributed by atoms with Gasteiger partial charge < -0.3 is 29.2 Å². The summed E-state index contributed by atoms with van der Waals surface area (Å²) in [5, 5.41) is 19.8. The van der Waals surface area contributed by atoms with Gasteiger partial charge in [-0.05, 0) is 48.2 Å². The van der Waals surface area contributed by atoms with Gasteiger partial charge in [0.15, 0.2) is 23.0 Å². The van der Waals surface area contributed by atoms with Crippen LogP contribution in [0.1, 0.15) is 11.1 Å². The van der Waals surface area contributed by atoms with E-state index >= 15 is 0 Å². The molecule has 0 amide bonds. The zero-order valence-corrected chi connectivity index (χ0v) is 17.2. The first kappa shape index (κ1) is 19.6. The van der Waals surface area contributed by atoms with Crippen molar-refractivity contribution in [1.82, 2.24) is 0 Å². The Hall–Kier alpha value is -2.69. The predicted molar refractivity (Wildman–Crippen MR) is 108 cm³/mol. The van der Waals surface area contributed by atoms with Crippen molar-refractivity contribution in [3.05, 3.63) is 47.5 Å². The Morgan fingerprint density at radius 1 is 0.897 bits per heavy atom. The molecule has 0 radical (unpaired) electrons. The first-order chi connectivity index (χ1) is 13.9. The lowest BCUT2D eigenvalue weighted by Gasteiger charge is -2.30. The zero-order chi connectivity index (χ0) is 20.6. The summed E-state index contributed by atoms with van der Waals surface area (Å²) < 4.78 is 19.7. The fourth-order valence-corrected chi connectivity index (χ4v) is 4.37. The van der Waals surface area contributed by atoms with Gasteiger partial charge in [-0.1, -0.05) is 34.7 Å². The molecule has 2 aromatic carbocycles. The van der Waals surface area contributed by atoms with Crippen LogP contribution in [0.15, 0.2) is 36.4 Å². The van der Waals surface area contributed by atoms with E-state index in [2.05, 4.69) is 0 Å². The molecular formula is C20H17IO8. The van der Waals surface area contributed by atoms with Gasteiger partial charge in [-0.2, -0.15) is 0 Å². The standard InChI is InChI=1S/C20H17IO8/c21-20(19(24)25,8-12-2-4-15-17(7-12)29-10-27-15)13(18(22)23)5-11-1-3-14-16(6-11)28-9-26-14/h1-4,6-7,13H,5,8-10H2,(H,22,23)(H,24,25). The highest BCUT2D eigenvalue weighted by atomic mass is 127. The summed E-state index contributed by atoms with van der Waals surface area (Å²) in [7, 11) is 0. The summed E-state index contributed by atoms with van der Waals surface area (Å²) in [6, 6.07) is 10.2. The van der Waals surface area contributed by atoms with Crippen LogP contribution >= 0.6 is 22.6 Å². The summed E-state index contributed by atoms with van der Waals surface area (Å²) >= 11 is 1.75. The van der Waals surface area contributed by atoms with Crippen LogP contribution in [0.5, 0.6) is 23.0 Å². The van der Waals surface area contributed by atoms with E-state index in [9.17, 15) is 19.8 Å². The fraction of sp³-hybridized carbons (Fsp3) is 0.300. The molecule has 8 nitrogen and oxygen atoms in total. The van der Waals surface area contributed by atoms with E-state index in [1.165, 1.54) is 0 Å². The number of carboxylic acid groups (broad SMARTS) is 2. The number of hydrogen-bond acceptors (Lipinski definition) is 6. The lowest BCUT2D eigenvalue weighted by molar-refractivity contribution is -0.150. The lowest BCUT2D eigenvalue weighted by atomic mass is 9.82. The SMILES string of the molecule is O=C(O)C(Cc1ccc2c(c1)OCO2)C(I)(Cc1ccc2c(c1)OCO2)C(=O)O.